The van der Waals surface area contributed by atoms with Crippen LogP contribution in [-0.2, 0) is 14.3 Å². The van der Waals surface area contributed by atoms with Gasteiger partial charge in [0.2, 0.25) is 0 Å². The summed E-state index contributed by atoms with van der Waals surface area (Å²) in [6.45, 7) is 11.8. The molecule has 0 aliphatic carbocycles. The van der Waals surface area contributed by atoms with E-state index >= 15 is 0 Å². The molecule has 0 radical (unpaired) electrons. The predicted octanol–water partition coefficient (Wildman–Crippen LogP) is 0.0250. The third-order valence-corrected chi connectivity index (χ3v) is 4.53. The van der Waals surface area contributed by atoms with Crippen molar-refractivity contribution in [1.29, 1.82) is 0 Å². The standard InChI is InChI=1S/C16H30N4O3/c1-4-17-16(18-5-6-19-7-9-23-10-8-19)20-11-13(2)14(12-20)15(21)22-3/h13-14H,4-12H2,1-3H3,(H,17,18). The van der Waals surface area contributed by atoms with Gasteiger partial charge in [0.15, 0.2) is 5.96 Å². The van der Waals surface area contributed by atoms with Gasteiger partial charge in [-0.05, 0) is 12.8 Å². The molecule has 0 aromatic rings. The zero-order chi connectivity index (χ0) is 16.7. The molecule has 0 spiro atoms. The van der Waals surface area contributed by atoms with Gasteiger partial charge in [-0.1, -0.05) is 6.92 Å². The fraction of sp³-hybridized carbons (Fsp3) is 0.875. The van der Waals surface area contributed by atoms with Crippen LogP contribution in [0.1, 0.15) is 13.8 Å². The molecule has 2 unspecified atom stereocenters. The van der Waals surface area contributed by atoms with Gasteiger partial charge >= 0.3 is 5.97 Å². The Morgan fingerprint density at radius 3 is 2.74 bits per heavy atom. The number of morpholine rings is 1. The van der Waals surface area contributed by atoms with Gasteiger partial charge in [0.25, 0.3) is 0 Å². The van der Waals surface area contributed by atoms with Crippen molar-refractivity contribution >= 4 is 11.9 Å². The molecule has 2 atom stereocenters. The summed E-state index contributed by atoms with van der Waals surface area (Å²) in [5, 5.41) is 3.34. The first kappa shape index (κ1) is 18.0. The summed E-state index contributed by atoms with van der Waals surface area (Å²) in [6, 6.07) is 0. The van der Waals surface area contributed by atoms with Gasteiger partial charge in [-0.2, -0.15) is 0 Å². The molecule has 0 amide bonds. The van der Waals surface area contributed by atoms with Crippen LogP contribution in [0.4, 0.5) is 0 Å². The number of carbonyl (C=O) groups is 1. The number of carbonyl (C=O) groups excluding carboxylic acids is 1. The Bertz CT molecular complexity index is 410. The number of hydrogen-bond donors (Lipinski definition) is 1. The third kappa shape index (κ3) is 5.07. The second-order valence-electron chi connectivity index (χ2n) is 6.20. The van der Waals surface area contributed by atoms with Crippen molar-refractivity contribution in [1.82, 2.24) is 15.1 Å². The van der Waals surface area contributed by atoms with Crippen LogP contribution in [0.15, 0.2) is 4.99 Å². The van der Waals surface area contributed by atoms with E-state index in [0.717, 1.165) is 58.4 Å². The fourth-order valence-electron chi connectivity index (χ4n) is 3.15. The Hall–Kier alpha value is -1.34. The Balaban J connectivity index is 1.89. The molecule has 2 saturated heterocycles. The molecule has 1 N–H and O–H groups in total. The van der Waals surface area contributed by atoms with Crippen LogP contribution in [-0.4, -0.2) is 87.9 Å². The van der Waals surface area contributed by atoms with Crippen LogP contribution in [0.2, 0.25) is 0 Å². The van der Waals surface area contributed by atoms with E-state index in [1.165, 1.54) is 7.11 Å². The highest BCUT2D eigenvalue weighted by atomic mass is 16.5. The lowest BCUT2D eigenvalue weighted by Crippen LogP contribution is -2.42. The van der Waals surface area contributed by atoms with Crippen LogP contribution in [0.5, 0.6) is 0 Å². The van der Waals surface area contributed by atoms with Crippen molar-refractivity contribution in [2.45, 2.75) is 13.8 Å². The van der Waals surface area contributed by atoms with Gasteiger partial charge in [0.05, 0.1) is 32.8 Å². The monoisotopic (exact) mass is 326 g/mol. The van der Waals surface area contributed by atoms with Crippen molar-refractivity contribution in [3.63, 3.8) is 0 Å². The Labute approximate surface area is 139 Å². The lowest BCUT2D eigenvalue weighted by atomic mass is 9.99. The largest absolute Gasteiger partial charge is 0.469 e. The molecule has 0 aromatic carbocycles. The van der Waals surface area contributed by atoms with Crippen molar-refractivity contribution in [2.75, 3.05) is 66.1 Å². The van der Waals surface area contributed by atoms with Crippen molar-refractivity contribution < 1.29 is 14.3 Å². The molecule has 7 nitrogen and oxygen atoms in total. The number of ether oxygens (including phenoxy) is 2. The van der Waals surface area contributed by atoms with Crippen LogP contribution >= 0.6 is 0 Å². The minimum Gasteiger partial charge on any atom is -0.469 e. The number of rotatable bonds is 5. The van der Waals surface area contributed by atoms with Crippen LogP contribution in [0, 0.1) is 11.8 Å². The maximum atomic E-state index is 11.8. The highest BCUT2D eigenvalue weighted by Gasteiger charge is 2.36. The number of aliphatic imine (C=N–C) groups is 1. The first-order valence-electron chi connectivity index (χ1n) is 8.56. The highest BCUT2D eigenvalue weighted by molar-refractivity contribution is 5.82. The molecule has 23 heavy (non-hydrogen) atoms. The van der Waals surface area contributed by atoms with Crippen molar-refractivity contribution in [3.05, 3.63) is 0 Å². The molecule has 132 valence electrons. The molecule has 2 aliphatic rings. The molecular weight excluding hydrogens is 296 g/mol. The number of esters is 1. The molecule has 2 rings (SSSR count). The first-order valence-corrected chi connectivity index (χ1v) is 8.56. The van der Waals surface area contributed by atoms with Crippen molar-refractivity contribution in [2.24, 2.45) is 16.8 Å². The maximum absolute atomic E-state index is 11.8. The zero-order valence-corrected chi connectivity index (χ0v) is 14.6. The summed E-state index contributed by atoms with van der Waals surface area (Å²) >= 11 is 0. The number of likely N-dealkylation sites (tertiary alicyclic amines) is 1. The highest BCUT2D eigenvalue weighted by Crippen LogP contribution is 2.24. The summed E-state index contributed by atoms with van der Waals surface area (Å²) in [4.78, 5) is 21.1. The number of nitrogens with one attached hydrogen (secondary N) is 1. The molecule has 2 fully saturated rings. The van der Waals surface area contributed by atoms with Crippen LogP contribution in [0.25, 0.3) is 0 Å². The quantitative estimate of drug-likeness (QED) is 0.437. The lowest BCUT2D eigenvalue weighted by molar-refractivity contribution is -0.145. The number of nitrogens with zero attached hydrogens (tertiary/aromatic N) is 3. The molecule has 2 aliphatic heterocycles. The summed E-state index contributed by atoms with van der Waals surface area (Å²) in [5.74, 6) is 0.997. The summed E-state index contributed by atoms with van der Waals surface area (Å²) < 4.78 is 10.3. The fourth-order valence-corrected chi connectivity index (χ4v) is 3.15. The predicted molar refractivity (Wildman–Crippen MR) is 89.5 cm³/mol. The molecular formula is C16H30N4O3. The molecule has 0 bridgehead atoms. The normalized spacial score (nSPS) is 26.4. The van der Waals surface area contributed by atoms with Gasteiger partial charge in [-0.15, -0.1) is 0 Å². The minimum absolute atomic E-state index is 0.0666. The number of guanidine groups is 1. The second kappa shape index (κ2) is 9.08. The van der Waals surface area contributed by atoms with Crippen LogP contribution in [0.3, 0.4) is 0 Å². The van der Waals surface area contributed by atoms with Crippen LogP contribution < -0.4 is 5.32 Å². The van der Waals surface area contributed by atoms with E-state index in [-0.39, 0.29) is 17.8 Å². The van der Waals surface area contributed by atoms with Gasteiger partial charge in [0.1, 0.15) is 0 Å². The Kier molecular flexibility index (Phi) is 7.11. The summed E-state index contributed by atoms with van der Waals surface area (Å²) in [6.07, 6.45) is 0. The molecule has 0 saturated carbocycles. The number of hydrogen-bond acceptors (Lipinski definition) is 5. The molecule has 0 aromatic heterocycles. The Morgan fingerprint density at radius 1 is 1.35 bits per heavy atom. The molecule has 2 heterocycles. The second-order valence-corrected chi connectivity index (χ2v) is 6.20. The average molecular weight is 326 g/mol. The van der Waals surface area contributed by atoms with E-state index < -0.39 is 0 Å². The van der Waals surface area contributed by atoms with Crippen molar-refractivity contribution in [3.8, 4) is 0 Å². The van der Waals surface area contributed by atoms with E-state index in [4.69, 9.17) is 14.5 Å². The molecule has 7 heteroatoms. The number of methoxy groups -OCH3 is 1. The first-order chi connectivity index (χ1) is 11.2. The average Bonchev–Trinajstić information content (AvgIpc) is 2.96. The smallest absolute Gasteiger partial charge is 0.310 e. The van der Waals surface area contributed by atoms with Gasteiger partial charge < -0.3 is 19.7 Å². The van der Waals surface area contributed by atoms with E-state index in [1.54, 1.807) is 0 Å². The zero-order valence-electron chi connectivity index (χ0n) is 14.6. The minimum atomic E-state index is -0.121. The van der Waals surface area contributed by atoms with Gasteiger partial charge in [-0.3, -0.25) is 14.7 Å². The van der Waals surface area contributed by atoms with E-state index in [2.05, 4.69) is 29.0 Å². The topological polar surface area (TPSA) is 66.4 Å². The summed E-state index contributed by atoms with van der Waals surface area (Å²) in [5.41, 5.74) is 0. The lowest BCUT2D eigenvalue weighted by Gasteiger charge is -2.26. The van der Waals surface area contributed by atoms with E-state index in [0.29, 0.717) is 6.54 Å². The Morgan fingerprint density at radius 2 is 2.09 bits per heavy atom. The van der Waals surface area contributed by atoms with E-state index in [1.807, 2.05) is 0 Å². The van der Waals surface area contributed by atoms with Gasteiger partial charge in [-0.25, -0.2) is 0 Å². The third-order valence-electron chi connectivity index (χ3n) is 4.53. The maximum Gasteiger partial charge on any atom is 0.310 e. The SMILES string of the molecule is CCNC(=NCCN1CCOCC1)N1CC(C)C(C(=O)OC)C1. The summed E-state index contributed by atoms with van der Waals surface area (Å²) in [7, 11) is 1.46. The van der Waals surface area contributed by atoms with Gasteiger partial charge in [0, 0.05) is 39.3 Å². The van der Waals surface area contributed by atoms with E-state index in [9.17, 15) is 4.79 Å².